The average molecular weight is 634 g/mol. The molecule has 5 rings (SSSR count). The molecule has 3 aliphatic rings. The van der Waals surface area contributed by atoms with Crippen LogP contribution >= 0.6 is 11.6 Å². The van der Waals surface area contributed by atoms with E-state index in [0.717, 1.165) is 5.56 Å². The first kappa shape index (κ1) is 32.9. The van der Waals surface area contributed by atoms with Gasteiger partial charge in [-0.3, -0.25) is 14.4 Å². The number of fused-ring (bicyclic) bond motifs is 1. The van der Waals surface area contributed by atoms with Gasteiger partial charge in [-0.05, 0) is 49.8 Å². The van der Waals surface area contributed by atoms with E-state index < -0.39 is 35.1 Å². The van der Waals surface area contributed by atoms with Crippen LogP contribution in [0.15, 0.2) is 79.9 Å². The van der Waals surface area contributed by atoms with Crippen molar-refractivity contribution in [1.82, 2.24) is 9.80 Å². The number of likely N-dealkylation sites (tertiary alicyclic amines) is 1. The summed E-state index contributed by atoms with van der Waals surface area (Å²) in [7, 11) is 0. The van der Waals surface area contributed by atoms with E-state index in [1.165, 1.54) is 4.90 Å². The third-order valence-electron chi connectivity index (χ3n) is 9.66. The van der Waals surface area contributed by atoms with Crippen molar-refractivity contribution in [2.24, 2.45) is 17.8 Å². The molecule has 8 nitrogen and oxygen atoms in total. The average Bonchev–Trinajstić information content (AvgIpc) is 3.59. The molecule has 3 aliphatic heterocycles. The molecule has 6 atom stereocenters. The highest BCUT2D eigenvalue weighted by Gasteiger charge is 2.79. The summed E-state index contributed by atoms with van der Waals surface area (Å²) in [4.78, 5) is 49.0. The van der Waals surface area contributed by atoms with Gasteiger partial charge in [0.15, 0.2) is 0 Å². The first-order chi connectivity index (χ1) is 21.5. The molecular weight excluding hydrogens is 590 g/mol. The monoisotopic (exact) mass is 633 g/mol. The number of aliphatic hydroxyl groups excluding tert-OH is 1. The number of anilines is 1. The maximum absolute atomic E-state index is 14.9. The van der Waals surface area contributed by atoms with E-state index >= 15 is 0 Å². The SMILES string of the molecule is C=CCN(Cc1ccccc1)C(=O)[C@H]1[C@H]2C(=O)N([C@@H](CO)CC(C)C)C(C(=O)N(CC=C)c3ccccc3Cl)C23CC[C@]1(C)O3. The Balaban J connectivity index is 1.61. The van der Waals surface area contributed by atoms with Gasteiger partial charge >= 0.3 is 0 Å². The summed E-state index contributed by atoms with van der Waals surface area (Å²) in [6, 6.07) is 15.0. The first-order valence-corrected chi connectivity index (χ1v) is 16.1. The molecule has 0 radical (unpaired) electrons. The highest BCUT2D eigenvalue weighted by molar-refractivity contribution is 6.34. The molecule has 2 unspecified atom stereocenters. The second-order valence-corrected chi connectivity index (χ2v) is 13.5. The minimum atomic E-state index is -1.25. The molecular formula is C36H44ClN3O5. The lowest BCUT2D eigenvalue weighted by atomic mass is 9.66. The molecule has 9 heteroatoms. The zero-order valence-corrected chi connectivity index (χ0v) is 27.2. The van der Waals surface area contributed by atoms with Crippen LogP contribution in [0.1, 0.15) is 45.6 Å². The number of carbonyl (C=O) groups is 3. The molecule has 2 aromatic carbocycles. The van der Waals surface area contributed by atoms with Gasteiger partial charge in [0, 0.05) is 19.6 Å². The maximum atomic E-state index is 14.9. The minimum absolute atomic E-state index is 0.137. The van der Waals surface area contributed by atoms with Crippen LogP contribution in [0.5, 0.6) is 0 Å². The van der Waals surface area contributed by atoms with Crippen molar-refractivity contribution in [3.05, 3.63) is 90.5 Å². The number of amides is 3. The normalized spacial score (nSPS) is 27.4. The molecule has 3 heterocycles. The minimum Gasteiger partial charge on any atom is -0.394 e. The Labute approximate surface area is 271 Å². The van der Waals surface area contributed by atoms with E-state index in [9.17, 15) is 19.5 Å². The quantitative estimate of drug-likeness (QED) is 0.305. The number of nitrogens with zero attached hydrogens (tertiary/aromatic N) is 3. The van der Waals surface area contributed by atoms with Crippen LogP contribution in [0.25, 0.3) is 0 Å². The van der Waals surface area contributed by atoms with Crippen LogP contribution in [0.2, 0.25) is 5.02 Å². The lowest BCUT2D eigenvalue weighted by Gasteiger charge is -2.40. The van der Waals surface area contributed by atoms with Crippen molar-refractivity contribution < 1.29 is 24.2 Å². The number of aliphatic hydroxyl groups is 1. The fourth-order valence-corrected chi connectivity index (χ4v) is 8.11. The molecule has 3 saturated heterocycles. The Bertz CT molecular complexity index is 1450. The summed E-state index contributed by atoms with van der Waals surface area (Å²) < 4.78 is 6.89. The van der Waals surface area contributed by atoms with E-state index in [1.807, 2.05) is 51.1 Å². The number of benzene rings is 2. The van der Waals surface area contributed by atoms with Crippen LogP contribution in [0.3, 0.4) is 0 Å². The van der Waals surface area contributed by atoms with Gasteiger partial charge in [-0.2, -0.15) is 0 Å². The van der Waals surface area contributed by atoms with E-state index in [0.29, 0.717) is 43.1 Å². The van der Waals surface area contributed by atoms with E-state index in [2.05, 4.69) is 13.2 Å². The highest BCUT2D eigenvalue weighted by atomic mass is 35.5. The molecule has 2 bridgehead atoms. The van der Waals surface area contributed by atoms with Gasteiger partial charge in [0.1, 0.15) is 11.6 Å². The second kappa shape index (κ2) is 13.1. The summed E-state index contributed by atoms with van der Waals surface area (Å²) in [5.41, 5.74) is -0.743. The summed E-state index contributed by atoms with van der Waals surface area (Å²) in [6.45, 7) is 14.2. The van der Waals surface area contributed by atoms with E-state index in [-0.39, 0.29) is 36.8 Å². The topological polar surface area (TPSA) is 90.4 Å². The second-order valence-electron chi connectivity index (χ2n) is 13.1. The molecule has 3 fully saturated rings. The smallest absolute Gasteiger partial charge is 0.253 e. The predicted octanol–water partition coefficient (Wildman–Crippen LogP) is 5.25. The highest BCUT2D eigenvalue weighted by Crippen LogP contribution is 2.64. The molecule has 1 spiro atoms. The van der Waals surface area contributed by atoms with Gasteiger partial charge in [-0.15, -0.1) is 13.2 Å². The predicted molar refractivity (Wildman–Crippen MR) is 175 cm³/mol. The number of hydrogen-bond acceptors (Lipinski definition) is 5. The Morgan fingerprint density at radius 2 is 1.73 bits per heavy atom. The number of carbonyl (C=O) groups excluding carboxylic acids is 3. The number of ether oxygens (including phenoxy) is 1. The molecule has 240 valence electrons. The Morgan fingerprint density at radius 1 is 1.07 bits per heavy atom. The molecule has 1 N–H and O–H groups in total. The molecule has 45 heavy (non-hydrogen) atoms. The number of rotatable bonds is 13. The van der Waals surface area contributed by atoms with Gasteiger partial charge in [0.05, 0.1) is 40.8 Å². The molecule has 0 aromatic heterocycles. The van der Waals surface area contributed by atoms with Crippen molar-refractivity contribution >= 4 is 35.0 Å². The van der Waals surface area contributed by atoms with Gasteiger partial charge < -0.3 is 24.5 Å². The largest absolute Gasteiger partial charge is 0.394 e. The zero-order valence-electron chi connectivity index (χ0n) is 26.4. The van der Waals surface area contributed by atoms with Crippen LogP contribution in [0, 0.1) is 17.8 Å². The summed E-state index contributed by atoms with van der Waals surface area (Å²) in [6.07, 6.45) is 4.73. The molecule has 0 saturated carbocycles. The van der Waals surface area contributed by atoms with Gasteiger partial charge in [-0.1, -0.05) is 80.1 Å². The molecule has 3 amide bonds. The number of hydrogen-bond donors (Lipinski definition) is 1. The third-order valence-corrected chi connectivity index (χ3v) is 9.98. The lowest BCUT2D eigenvalue weighted by molar-refractivity contribution is -0.152. The summed E-state index contributed by atoms with van der Waals surface area (Å²) in [5.74, 6) is -2.46. The third kappa shape index (κ3) is 5.73. The van der Waals surface area contributed by atoms with Crippen LogP contribution in [-0.4, -0.2) is 75.6 Å². The summed E-state index contributed by atoms with van der Waals surface area (Å²) in [5, 5.41) is 11.0. The van der Waals surface area contributed by atoms with Crippen molar-refractivity contribution in [1.29, 1.82) is 0 Å². The van der Waals surface area contributed by atoms with Crippen molar-refractivity contribution in [3.63, 3.8) is 0 Å². The fourth-order valence-electron chi connectivity index (χ4n) is 7.88. The number of para-hydroxylation sites is 1. The Kier molecular flexibility index (Phi) is 9.59. The van der Waals surface area contributed by atoms with Gasteiger partial charge in [0.2, 0.25) is 11.8 Å². The zero-order chi connectivity index (χ0) is 32.5. The van der Waals surface area contributed by atoms with Crippen LogP contribution in [-0.2, 0) is 25.7 Å². The van der Waals surface area contributed by atoms with Crippen molar-refractivity contribution in [2.75, 3.05) is 24.6 Å². The lowest BCUT2D eigenvalue weighted by Crippen LogP contribution is -2.59. The first-order valence-electron chi connectivity index (χ1n) is 15.8. The van der Waals surface area contributed by atoms with Crippen LogP contribution in [0.4, 0.5) is 5.69 Å². The van der Waals surface area contributed by atoms with E-state index in [4.69, 9.17) is 16.3 Å². The fraction of sp³-hybridized carbons (Fsp3) is 0.472. The van der Waals surface area contributed by atoms with Gasteiger partial charge in [-0.25, -0.2) is 0 Å². The van der Waals surface area contributed by atoms with E-state index in [1.54, 1.807) is 46.2 Å². The maximum Gasteiger partial charge on any atom is 0.253 e. The molecule has 0 aliphatic carbocycles. The standard InChI is InChI=1S/C36H44ClN3O5/c1-6-19-38(22-25-13-9-8-10-14-25)32(42)29-30-33(43)40(26(23-41)21-24(3)4)31(36(30)18-17-35(29,5)45-36)34(44)39(20-7-2)28-16-12-11-15-27(28)37/h6-16,24,26,29-31,41H,1-2,17-23H2,3-5H3/t26-,29-,30+,31?,35+,36?/m1/s1. The number of halogens is 1. The van der Waals surface area contributed by atoms with Crippen molar-refractivity contribution in [2.45, 2.75) is 69.9 Å². The van der Waals surface area contributed by atoms with Gasteiger partial charge in [0.25, 0.3) is 5.91 Å². The van der Waals surface area contributed by atoms with Crippen molar-refractivity contribution in [3.8, 4) is 0 Å². The van der Waals surface area contributed by atoms with Crippen LogP contribution < -0.4 is 4.90 Å². The molecule has 2 aromatic rings. The Morgan fingerprint density at radius 3 is 2.36 bits per heavy atom. The summed E-state index contributed by atoms with van der Waals surface area (Å²) >= 11 is 6.60. The Hall–Kier alpha value is -3.46.